The Morgan fingerprint density at radius 1 is 1.03 bits per heavy atom. The highest BCUT2D eigenvalue weighted by molar-refractivity contribution is 5.92. The molecule has 7 heteroatoms. The Hall–Kier alpha value is -2.80. The fraction of sp³-hybridized carbons (Fsp3) is 0.455. The van der Waals surface area contributed by atoms with Crippen LogP contribution < -0.4 is 14.4 Å². The Morgan fingerprint density at radius 3 is 2.48 bits per heavy atom. The van der Waals surface area contributed by atoms with Crippen molar-refractivity contribution in [2.24, 2.45) is 0 Å². The molecule has 29 heavy (non-hydrogen) atoms. The summed E-state index contributed by atoms with van der Waals surface area (Å²) in [5, 5.41) is 0. The number of pyridine rings is 1. The van der Waals surface area contributed by atoms with Gasteiger partial charge in [-0.3, -0.25) is 9.69 Å². The summed E-state index contributed by atoms with van der Waals surface area (Å²) in [7, 11) is 0. The first-order valence-corrected chi connectivity index (χ1v) is 10.3. The van der Waals surface area contributed by atoms with E-state index in [4.69, 9.17) is 9.47 Å². The van der Waals surface area contributed by atoms with Crippen molar-refractivity contribution in [1.29, 1.82) is 0 Å². The van der Waals surface area contributed by atoms with E-state index >= 15 is 0 Å². The Morgan fingerprint density at radius 2 is 1.79 bits per heavy atom. The fourth-order valence-corrected chi connectivity index (χ4v) is 3.86. The number of rotatable bonds is 6. The van der Waals surface area contributed by atoms with Crippen LogP contribution in [-0.2, 0) is 6.54 Å². The summed E-state index contributed by atoms with van der Waals surface area (Å²) in [6.07, 6.45) is 1.80. The number of carbonyl (C=O) groups excluding carboxylic acids is 1. The monoisotopic (exact) mass is 396 g/mol. The molecule has 2 aliphatic heterocycles. The summed E-state index contributed by atoms with van der Waals surface area (Å²) < 4.78 is 10.8. The van der Waals surface area contributed by atoms with Crippen molar-refractivity contribution in [2.45, 2.75) is 20.4 Å². The summed E-state index contributed by atoms with van der Waals surface area (Å²) in [5.74, 6) is 1.64. The molecule has 0 spiro atoms. The van der Waals surface area contributed by atoms with Crippen molar-refractivity contribution in [3.8, 4) is 11.5 Å². The minimum atomic E-state index is 0.0128. The maximum absolute atomic E-state index is 12.8. The van der Waals surface area contributed by atoms with Gasteiger partial charge in [-0.15, -0.1) is 0 Å². The van der Waals surface area contributed by atoms with Crippen molar-refractivity contribution in [3.05, 3.63) is 47.8 Å². The van der Waals surface area contributed by atoms with E-state index in [0.29, 0.717) is 25.6 Å². The molecule has 1 aromatic heterocycles. The number of ether oxygens (including phenoxy) is 2. The first-order valence-electron chi connectivity index (χ1n) is 10.3. The molecule has 3 heterocycles. The molecule has 0 atom stereocenters. The Bertz CT molecular complexity index is 844. The molecule has 0 unspecified atom stereocenters. The van der Waals surface area contributed by atoms with Gasteiger partial charge in [-0.25, -0.2) is 4.98 Å². The van der Waals surface area contributed by atoms with Gasteiger partial charge in [-0.2, -0.15) is 0 Å². The number of hydrogen-bond donors (Lipinski definition) is 0. The van der Waals surface area contributed by atoms with Gasteiger partial charge in [0, 0.05) is 45.8 Å². The van der Waals surface area contributed by atoms with Gasteiger partial charge < -0.3 is 19.3 Å². The van der Waals surface area contributed by atoms with Crippen LogP contribution in [0.2, 0.25) is 0 Å². The number of nitrogens with zero attached hydrogens (tertiary/aromatic N) is 4. The Balaban J connectivity index is 1.31. The minimum Gasteiger partial charge on any atom is -0.454 e. The summed E-state index contributed by atoms with van der Waals surface area (Å²) in [6, 6.07) is 9.91. The third-order valence-corrected chi connectivity index (χ3v) is 5.60. The van der Waals surface area contributed by atoms with Crippen molar-refractivity contribution >= 4 is 11.6 Å². The van der Waals surface area contributed by atoms with Crippen LogP contribution in [0.3, 0.4) is 0 Å². The zero-order valence-electron chi connectivity index (χ0n) is 17.1. The number of hydrogen-bond acceptors (Lipinski definition) is 6. The lowest BCUT2D eigenvalue weighted by Crippen LogP contribution is -2.48. The summed E-state index contributed by atoms with van der Waals surface area (Å²) in [4.78, 5) is 23.7. The molecule has 4 rings (SSSR count). The molecule has 0 saturated carbocycles. The van der Waals surface area contributed by atoms with Gasteiger partial charge in [0.05, 0.1) is 11.9 Å². The SMILES string of the molecule is CCN(CC)c1ccc(C(=O)N2CCN(Cc3ccc4c(c3)OCO4)CC2)nc1. The highest BCUT2D eigenvalue weighted by Crippen LogP contribution is 2.32. The lowest BCUT2D eigenvalue weighted by atomic mass is 10.1. The number of benzene rings is 1. The average molecular weight is 396 g/mol. The van der Waals surface area contributed by atoms with Crippen molar-refractivity contribution < 1.29 is 14.3 Å². The van der Waals surface area contributed by atoms with Gasteiger partial charge >= 0.3 is 0 Å². The van der Waals surface area contributed by atoms with Crippen LogP contribution in [0.4, 0.5) is 5.69 Å². The third kappa shape index (κ3) is 4.29. The molecule has 154 valence electrons. The zero-order valence-corrected chi connectivity index (χ0v) is 17.1. The second-order valence-electron chi connectivity index (χ2n) is 7.33. The van der Waals surface area contributed by atoms with Crippen LogP contribution >= 0.6 is 0 Å². The highest BCUT2D eigenvalue weighted by atomic mass is 16.7. The van der Waals surface area contributed by atoms with E-state index in [0.717, 1.165) is 49.9 Å². The molecular formula is C22H28N4O3. The molecule has 2 aliphatic rings. The van der Waals surface area contributed by atoms with Crippen LogP contribution in [0.25, 0.3) is 0 Å². The van der Waals surface area contributed by atoms with Gasteiger partial charge in [0.25, 0.3) is 5.91 Å². The molecule has 1 saturated heterocycles. The predicted octanol–water partition coefficient (Wildman–Crippen LogP) is 2.61. The molecular weight excluding hydrogens is 368 g/mol. The number of fused-ring (bicyclic) bond motifs is 1. The van der Waals surface area contributed by atoms with Crippen molar-refractivity contribution in [3.63, 3.8) is 0 Å². The molecule has 0 radical (unpaired) electrons. The van der Waals surface area contributed by atoms with Crippen LogP contribution in [0.15, 0.2) is 36.5 Å². The third-order valence-electron chi connectivity index (χ3n) is 5.60. The van der Waals surface area contributed by atoms with E-state index in [1.807, 2.05) is 29.2 Å². The molecule has 0 N–H and O–H groups in total. The lowest BCUT2D eigenvalue weighted by Gasteiger charge is -2.34. The molecule has 1 aromatic carbocycles. The van der Waals surface area contributed by atoms with E-state index in [9.17, 15) is 4.79 Å². The van der Waals surface area contributed by atoms with Crippen LogP contribution in [0, 0.1) is 0 Å². The van der Waals surface area contributed by atoms with E-state index in [1.54, 1.807) is 6.20 Å². The second-order valence-corrected chi connectivity index (χ2v) is 7.33. The van der Waals surface area contributed by atoms with E-state index in [2.05, 4.69) is 34.7 Å². The maximum atomic E-state index is 12.8. The van der Waals surface area contributed by atoms with Gasteiger partial charge in [-0.1, -0.05) is 6.07 Å². The second kappa shape index (κ2) is 8.69. The van der Waals surface area contributed by atoms with Gasteiger partial charge in [0.15, 0.2) is 11.5 Å². The quantitative estimate of drug-likeness (QED) is 0.748. The molecule has 7 nitrogen and oxygen atoms in total. The van der Waals surface area contributed by atoms with Gasteiger partial charge in [-0.05, 0) is 43.7 Å². The molecule has 1 fully saturated rings. The molecule has 0 bridgehead atoms. The standard InChI is InChI=1S/C22H28N4O3/c1-3-25(4-2)18-6-7-19(23-14-18)22(27)26-11-9-24(10-12-26)15-17-5-8-20-21(13-17)29-16-28-20/h5-8,13-14H,3-4,9-12,15-16H2,1-2H3. The smallest absolute Gasteiger partial charge is 0.272 e. The minimum absolute atomic E-state index is 0.0128. The largest absolute Gasteiger partial charge is 0.454 e. The number of anilines is 1. The summed E-state index contributed by atoms with van der Waals surface area (Å²) in [5.41, 5.74) is 2.77. The van der Waals surface area contributed by atoms with Crippen LogP contribution in [0.1, 0.15) is 29.9 Å². The molecule has 0 aliphatic carbocycles. The van der Waals surface area contributed by atoms with Crippen LogP contribution in [-0.4, -0.2) is 66.8 Å². The Labute approximate surface area is 171 Å². The lowest BCUT2D eigenvalue weighted by molar-refractivity contribution is 0.0622. The first kappa shape index (κ1) is 19.5. The predicted molar refractivity (Wildman–Crippen MR) is 112 cm³/mol. The summed E-state index contributed by atoms with van der Waals surface area (Å²) in [6.45, 7) is 10.3. The van der Waals surface area contributed by atoms with Gasteiger partial charge in [0.2, 0.25) is 6.79 Å². The number of aromatic nitrogens is 1. The highest BCUT2D eigenvalue weighted by Gasteiger charge is 2.23. The summed E-state index contributed by atoms with van der Waals surface area (Å²) >= 11 is 0. The average Bonchev–Trinajstić information content (AvgIpc) is 3.23. The molecule has 1 amide bonds. The fourth-order valence-electron chi connectivity index (χ4n) is 3.86. The Kier molecular flexibility index (Phi) is 5.85. The van der Waals surface area contributed by atoms with E-state index in [1.165, 1.54) is 5.56 Å². The van der Waals surface area contributed by atoms with Crippen molar-refractivity contribution in [2.75, 3.05) is 51.0 Å². The van der Waals surface area contributed by atoms with E-state index < -0.39 is 0 Å². The van der Waals surface area contributed by atoms with E-state index in [-0.39, 0.29) is 5.91 Å². The van der Waals surface area contributed by atoms with Gasteiger partial charge in [0.1, 0.15) is 5.69 Å². The number of amides is 1. The first-order chi connectivity index (χ1) is 14.2. The topological polar surface area (TPSA) is 58.1 Å². The number of carbonyl (C=O) groups is 1. The normalized spacial score (nSPS) is 16.1. The maximum Gasteiger partial charge on any atom is 0.272 e. The van der Waals surface area contributed by atoms with Crippen molar-refractivity contribution in [1.82, 2.24) is 14.8 Å². The van der Waals surface area contributed by atoms with Crippen LogP contribution in [0.5, 0.6) is 11.5 Å². The zero-order chi connectivity index (χ0) is 20.2. The number of piperazine rings is 1. The molecule has 2 aromatic rings.